The number of carbonyl (C=O) groups excluding carboxylic acids is 1. The molecule has 0 saturated heterocycles. The lowest BCUT2D eigenvalue weighted by atomic mass is 10.1. The molecule has 0 rings (SSSR count). The first kappa shape index (κ1) is 30.4. The summed E-state index contributed by atoms with van der Waals surface area (Å²) in [5.74, 6) is -0.0494. The molecule has 0 bridgehead atoms. The van der Waals surface area contributed by atoms with Crippen LogP contribution in [0.15, 0.2) is 0 Å². The number of hydrogen-bond acceptors (Lipinski definition) is 3. The lowest BCUT2D eigenvalue weighted by Crippen LogP contribution is -2.29. The normalized spacial score (nSPS) is 11.9. The Hall–Kier alpha value is -0.570. The van der Waals surface area contributed by atoms with Gasteiger partial charge >= 0.3 is 5.97 Å². The number of ether oxygens (including phenoxy) is 1. The molecule has 0 spiro atoms. The fraction of sp³-hybridized carbons (Fsp3) is 0.964. The van der Waals surface area contributed by atoms with Crippen molar-refractivity contribution in [2.75, 3.05) is 19.6 Å². The van der Waals surface area contributed by atoms with Gasteiger partial charge in [0.15, 0.2) is 0 Å². The van der Waals surface area contributed by atoms with Crippen LogP contribution in [-0.2, 0) is 9.53 Å². The summed E-state index contributed by atoms with van der Waals surface area (Å²) in [4.78, 5) is 14.6. The number of esters is 1. The van der Waals surface area contributed by atoms with Crippen molar-refractivity contribution in [3.05, 3.63) is 0 Å². The highest BCUT2D eigenvalue weighted by molar-refractivity contribution is 5.69. The third-order valence-electron chi connectivity index (χ3n) is 5.93. The molecule has 0 aromatic carbocycles. The minimum atomic E-state index is -0.370. The Balaban J connectivity index is 4.04. The minimum absolute atomic E-state index is 0.0494. The number of nitrogens with zero attached hydrogens (tertiary/aromatic N) is 1. The van der Waals surface area contributed by atoms with Crippen molar-refractivity contribution in [1.29, 1.82) is 0 Å². The van der Waals surface area contributed by atoms with Crippen LogP contribution < -0.4 is 0 Å². The van der Waals surface area contributed by atoms with Gasteiger partial charge in [-0.3, -0.25) is 4.79 Å². The maximum atomic E-state index is 12.0. The van der Waals surface area contributed by atoms with E-state index in [9.17, 15) is 4.79 Å². The molecule has 0 N–H and O–H groups in total. The third-order valence-corrected chi connectivity index (χ3v) is 5.93. The standard InChI is InChI=1S/C28H57NO2/c1-6-8-10-12-14-16-18-20-24-29(25-21-19-17-15-13-11-9-7-2)26-22-23-27(30)31-28(3,4)5/h6-26H2,1-5H3. The van der Waals surface area contributed by atoms with Crippen molar-refractivity contribution in [3.63, 3.8) is 0 Å². The molecular weight excluding hydrogens is 382 g/mol. The first-order valence-electron chi connectivity index (χ1n) is 13.8. The summed E-state index contributed by atoms with van der Waals surface area (Å²) in [6.07, 6.45) is 23.4. The summed E-state index contributed by atoms with van der Waals surface area (Å²) < 4.78 is 5.47. The first-order chi connectivity index (χ1) is 14.9. The molecule has 0 heterocycles. The number of carbonyl (C=O) groups is 1. The van der Waals surface area contributed by atoms with Gasteiger partial charge < -0.3 is 9.64 Å². The Morgan fingerprint density at radius 1 is 0.581 bits per heavy atom. The monoisotopic (exact) mass is 439 g/mol. The zero-order valence-corrected chi connectivity index (χ0v) is 22.1. The highest BCUT2D eigenvalue weighted by Gasteiger charge is 2.16. The predicted molar refractivity (Wildman–Crippen MR) is 137 cm³/mol. The van der Waals surface area contributed by atoms with E-state index in [0.29, 0.717) is 6.42 Å². The van der Waals surface area contributed by atoms with Crippen molar-refractivity contribution in [2.24, 2.45) is 0 Å². The molecule has 0 atom stereocenters. The van der Waals surface area contributed by atoms with E-state index in [-0.39, 0.29) is 11.6 Å². The van der Waals surface area contributed by atoms with Crippen LogP contribution in [0, 0.1) is 0 Å². The molecule has 0 fully saturated rings. The van der Waals surface area contributed by atoms with Crippen LogP contribution in [0.4, 0.5) is 0 Å². The fourth-order valence-corrected chi connectivity index (χ4v) is 4.11. The lowest BCUT2D eigenvalue weighted by molar-refractivity contribution is -0.155. The third kappa shape index (κ3) is 23.9. The molecule has 0 unspecified atom stereocenters. The molecule has 0 aliphatic heterocycles. The molecule has 0 aliphatic rings. The second-order valence-electron chi connectivity index (χ2n) is 10.5. The molecular formula is C28H57NO2. The molecule has 0 aromatic rings. The fourth-order valence-electron chi connectivity index (χ4n) is 4.11. The van der Waals surface area contributed by atoms with E-state index in [1.165, 1.54) is 116 Å². The topological polar surface area (TPSA) is 29.5 Å². The second kappa shape index (κ2) is 21.3. The highest BCUT2D eigenvalue weighted by Crippen LogP contribution is 2.13. The van der Waals surface area contributed by atoms with Crippen molar-refractivity contribution >= 4 is 5.97 Å². The van der Waals surface area contributed by atoms with Crippen molar-refractivity contribution < 1.29 is 9.53 Å². The average Bonchev–Trinajstić information content (AvgIpc) is 2.70. The molecule has 0 aromatic heterocycles. The SMILES string of the molecule is CCCCCCCCCCN(CCCCCCCCCC)CCCC(=O)OC(C)(C)C. The Morgan fingerprint density at radius 2 is 0.935 bits per heavy atom. The first-order valence-corrected chi connectivity index (χ1v) is 13.8. The summed E-state index contributed by atoms with van der Waals surface area (Å²) in [5, 5.41) is 0. The van der Waals surface area contributed by atoms with E-state index in [0.717, 1.165) is 13.0 Å². The van der Waals surface area contributed by atoms with Gasteiger partial charge in [-0.15, -0.1) is 0 Å². The molecule has 3 nitrogen and oxygen atoms in total. The Kier molecular flexibility index (Phi) is 20.9. The van der Waals surface area contributed by atoms with Gasteiger partial charge in [0, 0.05) is 6.42 Å². The summed E-state index contributed by atoms with van der Waals surface area (Å²) >= 11 is 0. The van der Waals surface area contributed by atoms with E-state index in [1.54, 1.807) is 0 Å². The molecule has 0 saturated carbocycles. The highest BCUT2D eigenvalue weighted by atomic mass is 16.6. The predicted octanol–water partition coefficient (Wildman–Crippen LogP) is 8.69. The largest absolute Gasteiger partial charge is 0.460 e. The zero-order valence-electron chi connectivity index (χ0n) is 22.1. The summed E-state index contributed by atoms with van der Waals surface area (Å²) in [7, 11) is 0. The van der Waals surface area contributed by atoms with Crippen LogP contribution in [0.1, 0.15) is 150 Å². The second-order valence-corrected chi connectivity index (χ2v) is 10.5. The van der Waals surface area contributed by atoms with Gasteiger partial charge in [-0.1, -0.05) is 104 Å². The molecule has 31 heavy (non-hydrogen) atoms. The molecule has 0 radical (unpaired) electrons. The van der Waals surface area contributed by atoms with Crippen LogP contribution in [0.2, 0.25) is 0 Å². The van der Waals surface area contributed by atoms with E-state index >= 15 is 0 Å². The summed E-state index contributed by atoms with van der Waals surface area (Å²) in [5.41, 5.74) is -0.370. The number of unbranched alkanes of at least 4 members (excludes halogenated alkanes) is 14. The van der Waals surface area contributed by atoms with Gasteiger partial charge in [-0.2, -0.15) is 0 Å². The van der Waals surface area contributed by atoms with Crippen LogP contribution in [-0.4, -0.2) is 36.1 Å². The average molecular weight is 440 g/mol. The van der Waals surface area contributed by atoms with Crippen LogP contribution in [0.25, 0.3) is 0 Å². The van der Waals surface area contributed by atoms with Gasteiger partial charge in [-0.25, -0.2) is 0 Å². The number of rotatable bonds is 22. The molecule has 0 aliphatic carbocycles. The van der Waals surface area contributed by atoms with E-state index in [2.05, 4.69) is 18.7 Å². The maximum absolute atomic E-state index is 12.0. The molecule has 0 amide bonds. The quantitative estimate of drug-likeness (QED) is 0.125. The van der Waals surface area contributed by atoms with Gasteiger partial charge in [0.1, 0.15) is 5.60 Å². The van der Waals surface area contributed by atoms with E-state index < -0.39 is 0 Å². The smallest absolute Gasteiger partial charge is 0.306 e. The van der Waals surface area contributed by atoms with Gasteiger partial charge in [0.2, 0.25) is 0 Å². The molecule has 3 heteroatoms. The van der Waals surface area contributed by atoms with Gasteiger partial charge in [-0.05, 0) is 59.7 Å². The van der Waals surface area contributed by atoms with Crippen LogP contribution >= 0.6 is 0 Å². The van der Waals surface area contributed by atoms with E-state index in [1.807, 2.05) is 20.8 Å². The number of hydrogen-bond donors (Lipinski definition) is 0. The maximum Gasteiger partial charge on any atom is 0.306 e. The zero-order chi connectivity index (χ0) is 23.2. The Labute approximate surface area is 196 Å². The Morgan fingerprint density at radius 3 is 1.32 bits per heavy atom. The van der Waals surface area contributed by atoms with Crippen molar-refractivity contribution in [2.45, 2.75) is 156 Å². The summed E-state index contributed by atoms with van der Waals surface area (Å²) in [6.45, 7) is 13.8. The summed E-state index contributed by atoms with van der Waals surface area (Å²) in [6, 6.07) is 0. The van der Waals surface area contributed by atoms with Gasteiger partial charge in [0.25, 0.3) is 0 Å². The van der Waals surface area contributed by atoms with Gasteiger partial charge in [0.05, 0.1) is 0 Å². The lowest BCUT2D eigenvalue weighted by Gasteiger charge is -2.23. The van der Waals surface area contributed by atoms with Crippen LogP contribution in [0.5, 0.6) is 0 Å². The van der Waals surface area contributed by atoms with E-state index in [4.69, 9.17) is 4.74 Å². The van der Waals surface area contributed by atoms with Crippen LogP contribution in [0.3, 0.4) is 0 Å². The van der Waals surface area contributed by atoms with Crippen molar-refractivity contribution in [3.8, 4) is 0 Å². The minimum Gasteiger partial charge on any atom is -0.460 e. The Bertz CT molecular complexity index is 369. The van der Waals surface area contributed by atoms with Crippen molar-refractivity contribution in [1.82, 2.24) is 4.90 Å². The molecule has 186 valence electrons.